The lowest BCUT2D eigenvalue weighted by Gasteiger charge is -2.37. The van der Waals surface area contributed by atoms with Crippen LogP contribution in [0.5, 0.6) is 0 Å². The van der Waals surface area contributed by atoms with Gasteiger partial charge in [0.2, 0.25) is 0 Å². The molecule has 1 heterocycles. The Morgan fingerprint density at radius 1 is 1.16 bits per heavy atom. The molecule has 1 saturated carbocycles. The van der Waals surface area contributed by atoms with Crippen molar-refractivity contribution in [3.8, 4) is 0 Å². The van der Waals surface area contributed by atoms with Gasteiger partial charge in [-0.3, -0.25) is 0 Å². The van der Waals surface area contributed by atoms with Crippen LogP contribution in [0, 0.1) is 17.8 Å². The zero-order valence-electron chi connectivity index (χ0n) is 13.2. The number of ether oxygens (including phenoxy) is 1. The fourth-order valence-corrected chi connectivity index (χ4v) is 3.84. The van der Waals surface area contributed by atoms with E-state index in [1.165, 1.54) is 51.5 Å². The maximum atomic E-state index is 6.29. The van der Waals surface area contributed by atoms with E-state index < -0.39 is 0 Å². The Bertz CT molecular complexity index is 248. The first-order valence-electron chi connectivity index (χ1n) is 8.51. The Hall–Kier alpha value is -0.0800. The molecule has 2 nitrogen and oxygen atoms in total. The molecule has 4 atom stereocenters. The summed E-state index contributed by atoms with van der Waals surface area (Å²) < 4.78 is 6.29. The largest absolute Gasteiger partial charge is 0.378 e. The normalized spacial score (nSPS) is 36.6. The summed E-state index contributed by atoms with van der Waals surface area (Å²) in [5.74, 6) is 2.41. The minimum Gasteiger partial charge on any atom is -0.378 e. The van der Waals surface area contributed by atoms with Crippen LogP contribution < -0.4 is 5.32 Å². The third-order valence-electron chi connectivity index (χ3n) is 5.17. The summed E-state index contributed by atoms with van der Waals surface area (Å²) in [4.78, 5) is 0. The molecule has 0 spiro atoms. The molecule has 0 aromatic heterocycles. The lowest BCUT2D eigenvalue weighted by Crippen LogP contribution is -2.37. The van der Waals surface area contributed by atoms with Crippen molar-refractivity contribution in [3.63, 3.8) is 0 Å². The van der Waals surface area contributed by atoms with E-state index in [9.17, 15) is 0 Å². The van der Waals surface area contributed by atoms with Gasteiger partial charge in [-0.15, -0.1) is 0 Å². The van der Waals surface area contributed by atoms with Crippen molar-refractivity contribution in [1.29, 1.82) is 0 Å². The first-order valence-corrected chi connectivity index (χ1v) is 8.51. The Kier molecular flexibility index (Phi) is 6.15. The molecular formula is C17H33NO. The van der Waals surface area contributed by atoms with E-state index in [1.807, 2.05) is 0 Å². The number of piperidine rings is 1. The van der Waals surface area contributed by atoms with Crippen molar-refractivity contribution in [1.82, 2.24) is 5.32 Å². The van der Waals surface area contributed by atoms with Gasteiger partial charge >= 0.3 is 0 Å². The minimum absolute atomic E-state index is 0.521. The van der Waals surface area contributed by atoms with E-state index >= 15 is 0 Å². The Morgan fingerprint density at radius 2 is 2.00 bits per heavy atom. The van der Waals surface area contributed by atoms with Crippen molar-refractivity contribution in [2.24, 2.45) is 17.8 Å². The van der Waals surface area contributed by atoms with Gasteiger partial charge < -0.3 is 10.1 Å². The SMILES string of the molecule is CC1CCC(C(C)C)C(OCCC2CCCCN2)C1. The number of hydrogen-bond donors (Lipinski definition) is 1. The Labute approximate surface area is 119 Å². The molecule has 19 heavy (non-hydrogen) atoms. The third kappa shape index (κ3) is 4.75. The second-order valence-electron chi connectivity index (χ2n) is 7.17. The van der Waals surface area contributed by atoms with Gasteiger partial charge in [0.1, 0.15) is 0 Å². The highest BCUT2D eigenvalue weighted by molar-refractivity contribution is 4.81. The number of nitrogens with one attached hydrogen (secondary N) is 1. The van der Waals surface area contributed by atoms with Crippen LogP contribution in [0.4, 0.5) is 0 Å². The highest BCUT2D eigenvalue weighted by Crippen LogP contribution is 2.35. The van der Waals surface area contributed by atoms with Gasteiger partial charge in [0.25, 0.3) is 0 Å². The van der Waals surface area contributed by atoms with Crippen molar-refractivity contribution in [3.05, 3.63) is 0 Å². The minimum atomic E-state index is 0.521. The van der Waals surface area contributed by atoms with E-state index in [-0.39, 0.29) is 0 Å². The topological polar surface area (TPSA) is 21.3 Å². The molecule has 1 N–H and O–H groups in total. The fraction of sp³-hybridized carbons (Fsp3) is 1.00. The zero-order valence-corrected chi connectivity index (χ0v) is 13.2. The van der Waals surface area contributed by atoms with Crippen LogP contribution in [-0.2, 0) is 4.74 Å². The summed E-state index contributed by atoms with van der Waals surface area (Å²) in [7, 11) is 0. The van der Waals surface area contributed by atoms with Crippen LogP contribution in [0.25, 0.3) is 0 Å². The summed E-state index contributed by atoms with van der Waals surface area (Å²) in [6.45, 7) is 9.27. The van der Waals surface area contributed by atoms with Gasteiger partial charge in [0, 0.05) is 12.6 Å². The second kappa shape index (κ2) is 7.64. The van der Waals surface area contributed by atoms with Crippen LogP contribution in [0.1, 0.15) is 65.7 Å². The molecule has 2 heteroatoms. The quantitative estimate of drug-likeness (QED) is 0.813. The molecule has 1 saturated heterocycles. The second-order valence-corrected chi connectivity index (χ2v) is 7.17. The summed E-state index contributed by atoms with van der Waals surface area (Å²) in [6.07, 6.45) is 9.86. The predicted octanol–water partition coefficient (Wildman–Crippen LogP) is 4.00. The molecule has 0 aromatic rings. The van der Waals surface area contributed by atoms with Crippen LogP contribution in [-0.4, -0.2) is 25.3 Å². The molecular weight excluding hydrogens is 234 g/mol. The van der Waals surface area contributed by atoms with Gasteiger partial charge in [-0.2, -0.15) is 0 Å². The molecule has 1 aliphatic heterocycles. The molecule has 1 aliphatic carbocycles. The highest BCUT2D eigenvalue weighted by atomic mass is 16.5. The standard InChI is InChI=1S/C17H33NO/c1-13(2)16-8-7-14(3)12-17(16)19-11-9-15-6-4-5-10-18-15/h13-18H,4-12H2,1-3H3. The molecule has 2 fully saturated rings. The highest BCUT2D eigenvalue weighted by Gasteiger charge is 2.31. The molecule has 4 unspecified atom stereocenters. The first kappa shape index (κ1) is 15.3. The van der Waals surface area contributed by atoms with Crippen molar-refractivity contribution >= 4 is 0 Å². The Balaban J connectivity index is 1.72. The average Bonchev–Trinajstić information content (AvgIpc) is 2.39. The van der Waals surface area contributed by atoms with E-state index in [1.54, 1.807) is 0 Å². The van der Waals surface area contributed by atoms with E-state index in [4.69, 9.17) is 4.74 Å². The van der Waals surface area contributed by atoms with Gasteiger partial charge in [-0.25, -0.2) is 0 Å². The third-order valence-corrected chi connectivity index (χ3v) is 5.17. The van der Waals surface area contributed by atoms with Gasteiger partial charge in [0.05, 0.1) is 6.10 Å². The summed E-state index contributed by atoms with van der Waals surface area (Å²) in [5.41, 5.74) is 0. The van der Waals surface area contributed by atoms with E-state index in [0.717, 1.165) is 24.4 Å². The molecule has 112 valence electrons. The number of rotatable bonds is 5. The van der Waals surface area contributed by atoms with Crippen LogP contribution in [0.15, 0.2) is 0 Å². The van der Waals surface area contributed by atoms with Crippen molar-refractivity contribution in [2.75, 3.05) is 13.2 Å². The van der Waals surface area contributed by atoms with Crippen molar-refractivity contribution < 1.29 is 4.74 Å². The van der Waals surface area contributed by atoms with Crippen LogP contribution in [0.3, 0.4) is 0 Å². The van der Waals surface area contributed by atoms with Crippen LogP contribution in [0.2, 0.25) is 0 Å². The van der Waals surface area contributed by atoms with E-state index in [2.05, 4.69) is 26.1 Å². The first-order chi connectivity index (χ1) is 9.16. The summed E-state index contributed by atoms with van der Waals surface area (Å²) >= 11 is 0. The van der Waals surface area contributed by atoms with E-state index in [0.29, 0.717) is 12.1 Å². The average molecular weight is 267 g/mol. The molecule has 0 bridgehead atoms. The monoisotopic (exact) mass is 267 g/mol. The predicted molar refractivity (Wildman–Crippen MR) is 81.3 cm³/mol. The lowest BCUT2D eigenvalue weighted by atomic mass is 9.75. The van der Waals surface area contributed by atoms with Gasteiger partial charge in [-0.1, -0.05) is 33.6 Å². The van der Waals surface area contributed by atoms with Gasteiger partial charge in [0.15, 0.2) is 0 Å². The Morgan fingerprint density at radius 3 is 2.68 bits per heavy atom. The molecule has 0 radical (unpaired) electrons. The fourth-order valence-electron chi connectivity index (χ4n) is 3.84. The van der Waals surface area contributed by atoms with Crippen molar-refractivity contribution in [2.45, 2.75) is 77.9 Å². The molecule has 0 aromatic carbocycles. The zero-order chi connectivity index (χ0) is 13.7. The summed E-state index contributed by atoms with van der Waals surface area (Å²) in [5, 5.41) is 3.62. The lowest BCUT2D eigenvalue weighted by molar-refractivity contribution is -0.0414. The molecule has 2 aliphatic rings. The molecule has 2 rings (SSSR count). The maximum Gasteiger partial charge on any atom is 0.0608 e. The number of hydrogen-bond acceptors (Lipinski definition) is 2. The summed E-state index contributed by atoms with van der Waals surface area (Å²) in [6, 6.07) is 0.715. The smallest absolute Gasteiger partial charge is 0.0608 e. The van der Waals surface area contributed by atoms with Gasteiger partial charge in [-0.05, 0) is 56.4 Å². The maximum absolute atomic E-state index is 6.29. The van der Waals surface area contributed by atoms with Crippen LogP contribution >= 0.6 is 0 Å². The molecule has 0 amide bonds.